The molecular weight excluding hydrogens is 314 g/mol. The summed E-state index contributed by atoms with van der Waals surface area (Å²) in [5.41, 5.74) is 1.15. The van der Waals surface area contributed by atoms with Gasteiger partial charge in [-0.05, 0) is 31.9 Å². The van der Waals surface area contributed by atoms with Crippen LogP contribution in [-0.2, 0) is 9.53 Å². The van der Waals surface area contributed by atoms with Gasteiger partial charge in [-0.2, -0.15) is 0 Å². The standard InChI is InChI=1S/C20H31N3O2/c1-17(18-7-3-2-4-8-18)21-20(24)16-23-10-6-5-9-19(23)15-22-11-13-25-14-12-22/h2-4,7-8,17,19H,5-6,9-16H2,1H3,(H,21,24)/t17-,19-/m0/s1. The summed E-state index contributed by atoms with van der Waals surface area (Å²) in [5.74, 6) is 0.130. The van der Waals surface area contributed by atoms with Gasteiger partial charge in [0.05, 0.1) is 25.8 Å². The second-order valence-corrected chi connectivity index (χ2v) is 7.23. The molecule has 1 aromatic rings. The van der Waals surface area contributed by atoms with Crippen molar-refractivity contribution in [3.8, 4) is 0 Å². The van der Waals surface area contributed by atoms with E-state index >= 15 is 0 Å². The topological polar surface area (TPSA) is 44.8 Å². The highest BCUT2D eigenvalue weighted by Crippen LogP contribution is 2.19. The van der Waals surface area contributed by atoms with Crippen molar-refractivity contribution in [2.24, 2.45) is 0 Å². The van der Waals surface area contributed by atoms with Gasteiger partial charge in [-0.25, -0.2) is 0 Å². The number of nitrogens with zero attached hydrogens (tertiary/aromatic N) is 2. The number of ether oxygens (including phenoxy) is 1. The van der Waals surface area contributed by atoms with Crippen LogP contribution in [0.5, 0.6) is 0 Å². The lowest BCUT2D eigenvalue weighted by molar-refractivity contribution is -0.124. The predicted molar refractivity (Wildman–Crippen MR) is 99.5 cm³/mol. The van der Waals surface area contributed by atoms with E-state index < -0.39 is 0 Å². The number of amides is 1. The maximum atomic E-state index is 12.5. The van der Waals surface area contributed by atoms with E-state index in [-0.39, 0.29) is 11.9 Å². The Morgan fingerprint density at radius 3 is 2.72 bits per heavy atom. The third-order valence-corrected chi connectivity index (χ3v) is 5.35. The minimum atomic E-state index is 0.0520. The summed E-state index contributed by atoms with van der Waals surface area (Å²) in [6.07, 6.45) is 3.66. The molecule has 0 radical (unpaired) electrons. The molecule has 0 bridgehead atoms. The van der Waals surface area contributed by atoms with Crippen LogP contribution < -0.4 is 5.32 Å². The van der Waals surface area contributed by atoms with Crippen LogP contribution in [0.2, 0.25) is 0 Å². The molecule has 0 aromatic heterocycles. The first kappa shape index (κ1) is 18.4. The lowest BCUT2D eigenvalue weighted by Crippen LogP contribution is -2.52. The van der Waals surface area contributed by atoms with Crippen LogP contribution in [0, 0.1) is 0 Å². The van der Waals surface area contributed by atoms with E-state index in [1.165, 1.54) is 19.3 Å². The first-order chi connectivity index (χ1) is 12.2. The third-order valence-electron chi connectivity index (χ3n) is 5.35. The molecule has 0 saturated carbocycles. The molecule has 138 valence electrons. The van der Waals surface area contributed by atoms with Crippen LogP contribution in [0.3, 0.4) is 0 Å². The molecule has 0 unspecified atom stereocenters. The summed E-state index contributed by atoms with van der Waals surface area (Å²) < 4.78 is 5.45. The van der Waals surface area contributed by atoms with Gasteiger partial charge in [-0.1, -0.05) is 36.8 Å². The van der Waals surface area contributed by atoms with Crippen molar-refractivity contribution in [3.63, 3.8) is 0 Å². The molecule has 5 nitrogen and oxygen atoms in total. The van der Waals surface area contributed by atoms with Crippen LogP contribution in [0.15, 0.2) is 30.3 Å². The van der Waals surface area contributed by atoms with Gasteiger partial charge in [0, 0.05) is 25.7 Å². The zero-order valence-electron chi connectivity index (χ0n) is 15.3. The highest BCUT2D eigenvalue weighted by Gasteiger charge is 2.27. The molecule has 1 amide bonds. The fourth-order valence-electron chi connectivity index (χ4n) is 3.85. The summed E-state index contributed by atoms with van der Waals surface area (Å²) >= 11 is 0. The Labute approximate surface area is 151 Å². The van der Waals surface area contributed by atoms with Crippen molar-refractivity contribution < 1.29 is 9.53 Å². The van der Waals surface area contributed by atoms with Crippen molar-refractivity contribution in [1.29, 1.82) is 0 Å². The molecule has 2 saturated heterocycles. The minimum Gasteiger partial charge on any atom is -0.379 e. The molecular formula is C20H31N3O2. The quantitative estimate of drug-likeness (QED) is 0.857. The third kappa shape index (κ3) is 5.53. The second-order valence-electron chi connectivity index (χ2n) is 7.23. The largest absolute Gasteiger partial charge is 0.379 e. The van der Waals surface area contributed by atoms with Gasteiger partial charge in [-0.3, -0.25) is 14.6 Å². The van der Waals surface area contributed by atoms with E-state index in [0.29, 0.717) is 12.6 Å². The van der Waals surface area contributed by atoms with E-state index in [2.05, 4.69) is 34.2 Å². The number of hydrogen-bond acceptors (Lipinski definition) is 4. The minimum absolute atomic E-state index is 0.0520. The van der Waals surface area contributed by atoms with Gasteiger partial charge in [0.1, 0.15) is 0 Å². The number of carbonyl (C=O) groups is 1. The van der Waals surface area contributed by atoms with Crippen molar-refractivity contribution in [1.82, 2.24) is 15.1 Å². The Balaban J connectivity index is 1.51. The Morgan fingerprint density at radius 1 is 1.20 bits per heavy atom. The Kier molecular flexibility index (Phi) is 6.84. The average molecular weight is 345 g/mol. The normalized spacial score (nSPS) is 24.0. The number of rotatable bonds is 6. The molecule has 2 atom stereocenters. The molecule has 25 heavy (non-hydrogen) atoms. The van der Waals surface area contributed by atoms with Crippen molar-refractivity contribution in [2.75, 3.05) is 45.9 Å². The number of benzene rings is 1. The van der Waals surface area contributed by atoms with Crippen LogP contribution in [0.4, 0.5) is 0 Å². The molecule has 3 rings (SSSR count). The number of piperidine rings is 1. The fraction of sp³-hybridized carbons (Fsp3) is 0.650. The van der Waals surface area contributed by atoms with Crippen molar-refractivity contribution in [3.05, 3.63) is 35.9 Å². The van der Waals surface area contributed by atoms with E-state index in [0.717, 1.165) is 45.0 Å². The van der Waals surface area contributed by atoms with Crippen LogP contribution in [-0.4, -0.2) is 67.7 Å². The predicted octanol–water partition coefficient (Wildman–Crippen LogP) is 2.05. The lowest BCUT2D eigenvalue weighted by Gasteiger charge is -2.39. The summed E-state index contributed by atoms with van der Waals surface area (Å²) in [6.45, 7) is 8.35. The van der Waals surface area contributed by atoms with Crippen LogP contribution in [0.25, 0.3) is 0 Å². The Morgan fingerprint density at radius 2 is 1.96 bits per heavy atom. The summed E-state index contributed by atoms with van der Waals surface area (Å²) in [5, 5.41) is 3.15. The molecule has 2 fully saturated rings. The zero-order valence-corrected chi connectivity index (χ0v) is 15.3. The van der Waals surface area contributed by atoms with Crippen molar-refractivity contribution in [2.45, 2.75) is 38.3 Å². The molecule has 2 aliphatic rings. The highest BCUT2D eigenvalue weighted by molar-refractivity contribution is 5.78. The van der Waals surface area contributed by atoms with Crippen LogP contribution >= 0.6 is 0 Å². The smallest absolute Gasteiger partial charge is 0.234 e. The van der Waals surface area contributed by atoms with E-state index in [4.69, 9.17) is 4.74 Å². The average Bonchev–Trinajstić information content (AvgIpc) is 2.65. The Hall–Kier alpha value is -1.43. The van der Waals surface area contributed by atoms with Crippen LogP contribution in [0.1, 0.15) is 37.8 Å². The fourth-order valence-corrected chi connectivity index (χ4v) is 3.85. The first-order valence-corrected chi connectivity index (χ1v) is 9.61. The number of likely N-dealkylation sites (tertiary alicyclic amines) is 1. The zero-order chi connectivity index (χ0) is 17.5. The summed E-state index contributed by atoms with van der Waals surface area (Å²) in [7, 11) is 0. The van der Waals surface area contributed by atoms with E-state index in [1.807, 2.05) is 18.2 Å². The monoisotopic (exact) mass is 345 g/mol. The number of carbonyl (C=O) groups excluding carboxylic acids is 1. The number of hydrogen-bond donors (Lipinski definition) is 1. The van der Waals surface area contributed by atoms with E-state index in [1.54, 1.807) is 0 Å². The Bertz CT molecular complexity index is 531. The maximum absolute atomic E-state index is 12.5. The molecule has 0 aliphatic carbocycles. The van der Waals surface area contributed by atoms with Gasteiger partial charge < -0.3 is 10.1 Å². The second kappa shape index (κ2) is 9.32. The molecule has 2 aliphatic heterocycles. The number of morpholine rings is 1. The van der Waals surface area contributed by atoms with Gasteiger partial charge in [0.15, 0.2) is 0 Å². The molecule has 5 heteroatoms. The molecule has 1 N–H and O–H groups in total. The van der Waals surface area contributed by atoms with Crippen molar-refractivity contribution >= 4 is 5.91 Å². The molecule has 1 aromatic carbocycles. The maximum Gasteiger partial charge on any atom is 0.234 e. The molecule has 2 heterocycles. The summed E-state index contributed by atoms with van der Waals surface area (Å²) in [6, 6.07) is 10.7. The van der Waals surface area contributed by atoms with Gasteiger partial charge in [-0.15, -0.1) is 0 Å². The highest BCUT2D eigenvalue weighted by atomic mass is 16.5. The van der Waals surface area contributed by atoms with Gasteiger partial charge in [0.25, 0.3) is 0 Å². The van der Waals surface area contributed by atoms with Gasteiger partial charge >= 0.3 is 0 Å². The van der Waals surface area contributed by atoms with E-state index in [9.17, 15) is 4.79 Å². The first-order valence-electron chi connectivity index (χ1n) is 9.61. The molecule has 0 spiro atoms. The number of nitrogens with one attached hydrogen (secondary N) is 1. The lowest BCUT2D eigenvalue weighted by atomic mass is 10.0. The summed E-state index contributed by atoms with van der Waals surface area (Å²) in [4.78, 5) is 17.4. The van der Waals surface area contributed by atoms with Gasteiger partial charge in [0.2, 0.25) is 5.91 Å². The SMILES string of the molecule is C[C@H](NC(=O)CN1CCCC[C@H]1CN1CCOCC1)c1ccccc1.